The Hall–Kier alpha value is -1.95. The lowest BCUT2D eigenvalue weighted by atomic mass is 10.3. The van der Waals surface area contributed by atoms with Crippen molar-refractivity contribution in [2.75, 3.05) is 17.1 Å². The summed E-state index contributed by atoms with van der Waals surface area (Å²) < 4.78 is 57.0. The van der Waals surface area contributed by atoms with E-state index in [0.717, 1.165) is 5.56 Å². The number of nitrogens with two attached hydrogens (primary N) is 1. The van der Waals surface area contributed by atoms with Crippen molar-refractivity contribution in [1.82, 2.24) is 9.78 Å². The topological polar surface area (TPSA) is 133 Å². The Morgan fingerprint density at radius 1 is 1.27 bits per heavy atom. The van der Waals surface area contributed by atoms with Crippen LogP contribution < -0.4 is 9.86 Å². The number of nitrogens with one attached hydrogen (secondary N) is 1. The van der Waals surface area contributed by atoms with E-state index in [-0.39, 0.29) is 29.0 Å². The zero-order chi connectivity index (χ0) is 19.5. The number of ether oxygens (including phenoxy) is 1. The second-order valence-corrected chi connectivity index (χ2v) is 9.43. The number of aryl methyl sites for hydroxylation is 1. The number of primary sulfonamides is 1. The second-order valence-electron chi connectivity index (χ2n) is 6.03. The van der Waals surface area contributed by atoms with Crippen molar-refractivity contribution in [3.8, 4) is 5.69 Å². The van der Waals surface area contributed by atoms with Gasteiger partial charge in [-0.05, 0) is 44.5 Å². The van der Waals surface area contributed by atoms with Crippen LogP contribution in [0.15, 0.2) is 35.5 Å². The highest BCUT2D eigenvalue weighted by Crippen LogP contribution is 2.25. The van der Waals surface area contributed by atoms with Crippen molar-refractivity contribution in [3.05, 3.63) is 36.2 Å². The fourth-order valence-electron chi connectivity index (χ4n) is 2.13. The van der Waals surface area contributed by atoms with Crippen molar-refractivity contribution in [3.63, 3.8) is 0 Å². The van der Waals surface area contributed by atoms with E-state index in [1.807, 2.05) is 6.92 Å². The molecule has 11 heteroatoms. The lowest BCUT2D eigenvalue weighted by molar-refractivity contribution is 0.0913. The molecule has 1 aromatic carbocycles. The number of anilines is 1. The molecule has 0 aliphatic heterocycles. The van der Waals surface area contributed by atoms with Crippen LogP contribution in [0.2, 0.25) is 0 Å². The van der Waals surface area contributed by atoms with Gasteiger partial charge >= 0.3 is 0 Å². The Labute approximate surface area is 153 Å². The fraction of sp³-hybridized carbons (Fsp3) is 0.400. The molecule has 1 heterocycles. The van der Waals surface area contributed by atoms with E-state index in [1.165, 1.54) is 22.9 Å². The van der Waals surface area contributed by atoms with Crippen LogP contribution in [0.25, 0.3) is 5.69 Å². The summed E-state index contributed by atoms with van der Waals surface area (Å²) >= 11 is 0. The summed E-state index contributed by atoms with van der Waals surface area (Å²) in [5.74, 6) is -0.275. The number of nitrogens with zero attached hydrogens (tertiary/aromatic N) is 2. The van der Waals surface area contributed by atoms with Gasteiger partial charge in [0, 0.05) is 6.20 Å². The Morgan fingerprint density at radius 3 is 2.50 bits per heavy atom. The van der Waals surface area contributed by atoms with Crippen LogP contribution in [0.4, 0.5) is 5.69 Å². The third kappa shape index (κ3) is 5.53. The molecule has 9 nitrogen and oxygen atoms in total. The van der Waals surface area contributed by atoms with E-state index >= 15 is 0 Å². The van der Waals surface area contributed by atoms with E-state index in [9.17, 15) is 16.8 Å². The summed E-state index contributed by atoms with van der Waals surface area (Å²) in [5.41, 5.74) is 1.29. The Kier molecular flexibility index (Phi) is 6.06. The molecule has 2 rings (SSSR count). The third-order valence-electron chi connectivity index (χ3n) is 3.32. The summed E-state index contributed by atoms with van der Waals surface area (Å²) in [4.78, 5) is -0.207. The van der Waals surface area contributed by atoms with Crippen molar-refractivity contribution in [2.45, 2.75) is 31.8 Å². The first-order valence-corrected chi connectivity index (χ1v) is 11.0. The number of hydrogen-bond donors (Lipinski definition) is 2. The zero-order valence-electron chi connectivity index (χ0n) is 14.7. The molecule has 0 unspecified atom stereocenters. The van der Waals surface area contributed by atoms with Gasteiger partial charge in [-0.25, -0.2) is 26.7 Å². The lowest BCUT2D eigenvalue weighted by Gasteiger charge is -2.14. The lowest BCUT2D eigenvalue weighted by Crippen LogP contribution is -2.23. The average molecular weight is 402 g/mol. The molecule has 144 valence electrons. The van der Waals surface area contributed by atoms with E-state index in [1.54, 1.807) is 26.2 Å². The first-order chi connectivity index (χ1) is 12.0. The minimum Gasteiger partial charge on any atom is -0.378 e. The molecule has 1 aromatic heterocycles. The predicted molar refractivity (Wildman–Crippen MR) is 98.2 cm³/mol. The first-order valence-electron chi connectivity index (χ1n) is 7.78. The maximum absolute atomic E-state index is 12.3. The van der Waals surface area contributed by atoms with E-state index in [2.05, 4.69) is 9.82 Å². The van der Waals surface area contributed by atoms with Crippen LogP contribution in [-0.4, -0.2) is 45.1 Å². The predicted octanol–water partition coefficient (Wildman–Crippen LogP) is 0.995. The van der Waals surface area contributed by atoms with Gasteiger partial charge in [-0.1, -0.05) is 0 Å². The summed E-state index contributed by atoms with van der Waals surface area (Å²) in [7, 11) is -7.76. The summed E-state index contributed by atoms with van der Waals surface area (Å²) in [6, 6.07) is 3.90. The van der Waals surface area contributed by atoms with Crippen LogP contribution in [0.1, 0.15) is 19.4 Å². The fourth-order valence-corrected chi connectivity index (χ4v) is 3.59. The van der Waals surface area contributed by atoms with Gasteiger partial charge in [-0.2, -0.15) is 5.10 Å². The van der Waals surface area contributed by atoms with Gasteiger partial charge in [0.15, 0.2) is 0 Å². The SMILES string of the molecule is Cc1cnn(-c2ccc(S(N)(=O)=O)cc2NS(=O)(=O)CCOC(C)C)c1. The molecule has 0 saturated heterocycles. The van der Waals surface area contributed by atoms with Gasteiger partial charge in [-0.15, -0.1) is 0 Å². The second kappa shape index (κ2) is 7.74. The maximum atomic E-state index is 12.3. The molecular formula is C15H22N4O5S2. The highest BCUT2D eigenvalue weighted by Gasteiger charge is 2.18. The number of hydrogen-bond acceptors (Lipinski definition) is 6. The molecule has 3 N–H and O–H groups in total. The standard InChI is InChI=1S/C15H22N4O5S2/c1-11(2)24-6-7-25(20,21)18-14-8-13(26(16,22)23)4-5-15(14)19-10-12(3)9-17-19/h4-5,8-11,18H,6-7H2,1-3H3,(H2,16,22,23). The van der Waals surface area contributed by atoms with Crippen LogP contribution >= 0.6 is 0 Å². The van der Waals surface area contributed by atoms with Gasteiger partial charge in [0.2, 0.25) is 20.0 Å². The maximum Gasteiger partial charge on any atom is 0.238 e. The minimum absolute atomic E-state index is 0.0120. The molecule has 26 heavy (non-hydrogen) atoms. The van der Waals surface area contributed by atoms with Crippen molar-refractivity contribution >= 4 is 25.7 Å². The van der Waals surface area contributed by atoms with E-state index in [0.29, 0.717) is 5.69 Å². The molecular weight excluding hydrogens is 380 g/mol. The normalized spacial score (nSPS) is 12.5. The molecule has 0 aliphatic carbocycles. The Balaban J connectivity index is 2.40. The monoisotopic (exact) mass is 402 g/mol. The zero-order valence-corrected chi connectivity index (χ0v) is 16.3. The molecule has 0 fully saturated rings. The van der Waals surface area contributed by atoms with E-state index < -0.39 is 20.0 Å². The molecule has 0 radical (unpaired) electrons. The average Bonchev–Trinajstić information content (AvgIpc) is 2.91. The van der Waals surface area contributed by atoms with Crippen molar-refractivity contribution in [2.24, 2.45) is 5.14 Å². The molecule has 0 bridgehead atoms. The molecule has 0 saturated carbocycles. The molecule has 0 amide bonds. The summed E-state index contributed by atoms with van der Waals surface area (Å²) in [6.45, 7) is 5.44. The third-order valence-corrected chi connectivity index (χ3v) is 5.47. The molecule has 0 atom stereocenters. The highest BCUT2D eigenvalue weighted by atomic mass is 32.2. The molecule has 0 spiro atoms. The van der Waals surface area contributed by atoms with Crippen LogP contribution in [0, 0.1) is 6.92 Å². The van der Waals surface area contributed by atoms with Crippen molar-refractivity contribution in [1.29, 1.82) is 0 Å². The number of benzene rings is 1. The van der Waals surface area contributed by atoms with Gasteiger partial charge < -0.3 is 4.74 Å². The Bertz CT molecular complexity index is 981. The molecule has 2 aromatic rings. The van der Waals surface area contributed by atoms with E-state index in [4.69, 9.17) is 9.88 Å². The van der Waals surface area contributed by atoms with Gasteiger partial charge in [0.05, 0.1) is 40.9 Å². The number of rotatable bonds is 8. The minimum atomic E-state index is -3.99. The highest BCUT2D eigenvalue weighted by molar-refractivity contribution is 7.92. The van der Waals surface area contributed by atoms with Crippen molar-refractivity contribution < 1.29 is 21.6 Å². The summed E-state index contributed by atoms with van der Waals surface area (Å²) in [6.07, 6.45) is 3.19. The summed E-state index contributed by atoms with van der Waals surface area (Å²) in [5, 5.41) is 9.28. The first kappa shape index (κ1) is 20.4. The molecule has 0 aliphatic rings. The van der Waals surface area contributed by atoms with Gasteiger partial charge in [0.25, 0.3) is 0 Å². The van der Waals surface area contributed by atoms with Crippen LogP contribution in [-0.2, 0) is 24.8 Å². The smallest absolute Gasteiger partial charge is 0.238 e. The Morgan fingerprint density at radius 2 is 1.96 bits per heavy atom. The number of sulfonamides is 2. The van der Waals surface area contributed by atoms with Crippen LogP contribution in [0.5, 0.6) is 0 Å². The largest absolute Gasteiger partial charge is 0.378 e. The van der Waals surface area contributed by atoms with Gasteiger partial charge in [0.1, 0.15) is 0 Å². The quantitative estimate of drug-likeness (QED) is 0.676. The van der Waals surface area contributed by atoms with Gasteiger partial charge in [-0.3, -0.25) is 4.72 Å². The number of aromatic nitrogens is 2. The van der Waals surface area contributed by atoms with Crippen LogP contribution in [0.3, 0.4) is 0 Å².